The van der Waals surface area contributed by atoms with E-state index in [0.29, 0.717) is 32.4 Å². The SMILES string of the molecule is CC(C)C1C(=O)NCCN1C(=O)CCCCC(=O)O. The van der Waals surface area contributed by atoms with Crippen LogP contribution in [-0.2, 0) is 14.4 Å². The zero-order valence-electron chi connectivity index (χ0n) is 11.5. The molecule has 1 fully saturated rings. The van der Waals surface area contributed by atoms with Crippen molar-refractivity contribution in [3.05, 3.63) is 0 Å². The summed E-state index contributed by atoms with van der Waals surface area (Å²) in [4.78, 5) is 35.9. The fourth-order valence-electron chi connectivity index (χ4n) is 2.32. The average molecular weight is 270 g/mol. The van der Waals surface area contributed by atoms with E-state index in [1.807, 2.05) is 13.8 Å². The Balaban J connectivity index is 2.49. The number of unbranched alkanes of at least 4 members (excludes halogenated alkanes) is 1. The minimum Gasteiger partial charge on any atom is -0.481 e. The lowest BCUT2D eigenvalue weighted by Gasteiger charge is -2.37. The molecule has 19 heavy (non-hydrogen) atoms. The zero-order chi connectivity index (χ0) is 14.4. The van der Waals surface area contributed by atoms with Gasteiger partial charge in [-0.15, -0.1) is 0 Å². The molecule has 0 aliphatic carbocycles. The van der Waals surface area contributed by atoms with Crippen LogP contribution in [0.4, 0.5) is 0 Å². The molecule has 0 spiro atoms. The Hall–Kier alpha value is -1.59. The van der Waals surface area contributed by atoms with Crippen LogP contribution in [-0.4, -0.2) is 46.9 Å². The maximum absolute atomic E-state index is 12.1. The van der Waals surface area contributed by atoms with Gasteiger partial charge in [0, 0.05) is 25.9 Å². The van der Waals surface area contributed by atoms with Crippen LogP contribution in [0, 0.1) is 5.92 Å². The number of hydrogen-bond donors (Lipinski definition) is 2. The van der Waals surface area contributed by atoms with Crippen molar-refractivity contribution in [2.24, 2.45) is 5.92 Å². The van der Waals surface area contributed by atoms with Gasteiger partial charge in [-0.2, -0.15) is 0 Å². The first-order chi connectivity index (χ1) is 8.93. The maximum Gasteiger partial charge on any atom is 0.303 e. The van der Waals surface area contributed by atoms with Crippen molar-refractivity contribution in [1.82, 2.24) is 10.2 Å². The first-order valence-electron chi connectivity index (χ1n) is 6.72. The molecule has 6 heteroatoms. The number of piperazine rings is 1. The van der Waals surface area contributed by atoms with Gasteiger partial charge in [0.1, 0.15) is 6.04 Å². The van der Waals surface area contributed by atoms with Gasteiger partial charge in [-0.3, -0.25) is 14.4 Å². The van der Waals surface area contributed by atoms with Crippen molar-refractivity contribution in [3.8, 4) is 0 Å². The van der Waals surface area contributed by atoms with Gasteiger partial charge < -0.3 is 15.3 Å². The summed E-state index contributed by atoms with van der Waals surface area (Å²) in [5.41, 5.74) is 0. The molecule has 6 nitrogen and oxygen atoms in total. The van der Waals surface area contributed by atoms with E-state index >= 15 is 0 Å². The number of nitrogens with one attached hydrogen (secondary N) is 1. The second-order valence-electron chi connectivity index (χ2n) is 5.17. The number of carboxylic acids is 1. The molecule has 1 aliphatic rings. The third-order valence-electron chi connectivity index (χ3n) is 3.24. The molecule has 0 aromatic rings. The van der Waals surface area contributed by atoms with E-state index in [2.05, 4.69) is 5.32 Å². The fourth-order valence-corrected chi connectivity index (χ4v) is 2.32. The van der Waals surface area contributed by atoms with Crippen LogP contribution in [0.2, 0.25) is 0 Å². The molecular formula is C13H22N2O4. The molecule has 1 unspecified atom stereocenters. The number of aliphatic carboxylic acids is 1. The molecular weight excluding hydrogens is 248 g/mol. The highest BCUT2D eigenvalue weighted by atomic mass is 16.4. The number of carbonyl (C=O) groups excluding carboxylic acids is 2. The second-order valence-corrected chi connectivity index (χ2v) is 5.17. The Morgan fingerprint density at radius 2 is 2.00 bits per heavy atom. The van der Waals surface area contributed by atoms with Crippen molar-refractivity contribution >= 4 is 17.8 Å². The zero-order valence-corrected chi connectivity index (χ0v) is 11.5. The molecule has 0 radical (unpaired) electrons. The van der Waals surface area contributed by atoms with Crippen LogP contribution in [0.5, 0.6) is 0 Å². The first kappa shape index (κ1) is 15.5. The number of amides is 2. The molecule has 0 saturated carbocycles. The third-order valence-corrected chi connectivity index (χ3v) is 3.24. The summed E-state index contributed by atoms with van der Waals surface area (Å²) >= 11 is 0. The molecule has 1 aliphatic heterocycles. The number of hydrogen-bond acceptors (Lipinski definition) is 3. The van der Waals surface area contributed by atoms with Crippen LogP contribution in [0.3, 0.4) is 0 Å². The molecule has 1 atom stereocenters. The van der Waals surface area contributed by atoms with Crippen molar-refractivity contribution in [1.29, 1.82) is 0 Å². The van der Waals surface area contributed by atoms with Gasteiger partial charge in [0.05, 0.1) is 0 Å². The molecule has 2 amide bonds. The Morgan fingerprint density at radius 3 is 2.58 bits per heavy atom. The minimum absolute atomic E-state index is 0.0565. The molecule has 0 aromatic carbocycles. The van der Waals surface area contributed by atoms with Crippen LogP contribution < -0.4 is 5.32 Å². The summed E-state index contributed by atoms with van der Waals surface area (Å²) in [5.74, 6) is -0.924. The number of carbonyl (C=O) groups is 3. The second kappa shape index (κ2) is 7.11. The predicted molar refractivity (Wildman–Crippen MR) is 69.5 cm³/mol. The number of rotatable bonds is 6. The van der Waals surface area contributed by atoms with Gasteiger partial charge in [0.25, 0.3) is 0 Å². The Kier molecular flexibility index (Phi) is 5.79. The minimum atomic E-state index is -0.843. The van der Waals surface area contributed by atoms with Gasteiger partial charge in [-0.05, 0) is 18.8 Å². The van der Waals surface area contributed by atoms with Gasteiger partial charge in [-0.25, -0.2) is 0 Å². The van der Waals surface area contributed by atoms with Gasteiger partial charge in [0.2, 0.25) is 11.8 Å². The standard InChI is InChI=1S/C13H22N2O4/c1-9(2)12-13(19)14-7-8-15(12)10(16)5-3-4-6-11(17)18/h9,12H,3-8H2,1-2H3,(H,14,19)(H,17,18). The van der Waals surface area contributed by atoms with E-state index in [1.54, 1.807) is 4.90 Å². The summed E-state index contributed by atoms with van der Waals surface area (Å²) in [5, 5.41) is 11.3. The first-order valence-corrected chi connectivity index (χ1v) is 6.72. The van der Waals surface area contributed by atoms with Crippen molar-refractivity contribution < 1.29 is 19.5 Å². The summed E-state index contributed by atoms with van der Waals surface area (Å²) in [6, 6.07) is -0.402. The van der Waals surface area contributed by atoms with Crippen molar-refractivity contribution in [2.75, 3.05) is 13.1 Å². The highest BCUT2D eigenvalue weighted by molar-refractivity contribution is 5.89. The summed E-state index contributed by atoms with van der Waals surface area (Å²) in [7, 11) is 0. The van der Waals surface area contributed by atoms with Crippen molar-refractivity contribution in [3.63, 3.8) is 0 Å². The molecule has 0 bridgehead atoms. The van der Waals surface area contributed by atoms with E-state index in [0.717, 1.165) is 0 Å². The smallest absolute Gasteiger partial charge is 0.303 e. The van der Waals surface area contributed by atoms with Crippen molar-refractivity contribution in [2.45, 2.75) is 45.6 Å². The topological polar surface area (TPSA) is 86.7 Å². The Labute approximate surface area is 113 Å². The molecule has 0 aromatic heterocycles. The van der Waals surface area contributed by atoms with Crippen LogP contribution in [0.25, 0.3) is 0 Å². The molecule has 1 rings (SSSR count). The Morgan fingerprint density at radius 1 is 1.37 bits per heavy atom. The highest BCUT2D eigenvalue weighted by Gasteiger charge is 2.34. The lowest BCUT2D eigenvalue weighted by atomic mass is 9.99. The Bertz CT molecular complexity index is 355. The lowest BCUT2D eigenvalue weighted by molar-refractivity contribution is -0.145. The maximum atomic E-state index is 12.1. The average Bonchev–Trinajstić information content (AvgIpc) is 2.33. The number of nitrogens with zero attached hydrogens (tertiary/aromatic N) is 1. The highest BCUT2D eigenvalue weighted by Crippen LogP contribution is 2.16. The van der Waals surface area contributed by atoms with Crippen LogP contribution in [0.1, 0.15) is 39.5 Å². The van der Waals surface area contributed by atoms with E-state index < -0.39 is 12.0 Å². The summed E-state index contributed by atoms with van der Waals surface area (Å²) in [6.07, 6.45) is 1.44. The van der Waals surface area contributed by atoms with Gasteiger partial charge in [-0.1, -0.05) is 13.8 Å². The predicted octanol–water partition coefficient (Wildman–Crippen LogP) is 0.614. The van der Waals surface area contributed by atoms with Gasteiger partial charge >= 0.3 is 5.97 Å². The number of carboxylic acid groups (broad SMARTS) is 1. The third kappa shape index (κ3) is 4.54. The van der Waals surface area contributed by atoms with Gasteiger partial charge in [0.15, 0.2) is 0 Å². The normalized spacial score (nSPS) is 19.4. The summed E-state index contributed by atoms with van der Waals surface area (Å²) < 4.78 is 0. The lowest BCUT2D eigenvalue weighted by Crippen LogP contribution is -2.59. The van der Waals surface area contributed by atoms with Crippen LogP contribution >= 0.6 is 0 Å². The van der Waals surface area contributed by atoms with Crippen LogP contribution in [0.15, 0.2) is 0 Å². The summed E-state index contributed by atoms with van der Waals surface area (Å²) in [6.45, 7) is 4.86. The fraction of sp³-hybridized carbons (Fsp3) is 0.769. The monoisotopic (exact) mass is 270 g/mol. The molecule has 1 saturated heterocycles. The van der Waals surface area contributed by atoms with E-state index in [-0.39, 0.29) is 24.2 Å². The molecule has 2 N–H and O–H groups in total. The molecule has 108 valence electrons. The largest absolute Gasteiger partial charge is 0.481 e. The van der Waals surface area contributed by atoms with E-state index in [9.17, 15) is 14.4 Å². The molecule has 1 heterocycles. The van der Waals surface area contributed by atoms with E-state index in [1.165, 1.54) is 0 Å². The van der Waals surface area contributed by atoms with E-state index in [4.69, 9.17) is 5.11 Å². The quantitative estimate of drug-likeness (QED) is 0.692.